The molecule has 1 unspecified atom stereocenters. The number of rotatable bonds is 2. The largest absolute Gasteiger partial charge is 0.348 e. The Morgan fingerprint density at radius 3 is 3.00 bits per heavy atom. The molecule has 1 heterocycles. The maximum Gasteiger partial charge on any atom is 0.251 e. The first kappa shape index (κ1) is 15.6. The Hall–Kier alpha value is -1.83. The number of likely N-dealkylation sites (N-methyl/N-ethyl adjacent to an activating group) is 1. The van der Waals surface area contributed by atoms with Gasteiger partial charge in [-0.25, -0.2) is 0 Å². The van der Waals surface area contributed by atoms with Gasteiger partial charge in [0.1, 0.15) is 0 Å². The number of amides is 1. The Balaban J connectivity index is 2.09. The molecule has 1 saturated heterocycles. The van der Waals surface area contributed by atoms with E-state index >= 15 is 0 Å². The van der Waals surface area contributed by atoms with E-state index in [0.717, 1.165) is 37.1 Å². The average molecular weight is 285 g/mol. The van der Waals surface area contributed by atoms with E-state index in [1.165, 1.54) is 0 Å². The van der Waals surface area contributed by atoms with E-state index in [9.17, 15) is 4.79 Å². The summed E-state index contributed by atoms with van der Waals surface area (Å²) in [5, 5.41) is 3.12. The molecule has 1 amide bonds. The molecule has 21 heavy (non-hydrogen) atoms. The number of carbonyl (C=O) groups is 1. The van der Waals surface area contributed by atoms with E-state index < -0.39 is 0 Å². The SMILES string of the molecule is Cc1cc(C#CCN)cc(C(=O)NC2CCCN(C)C2)c1. The van der Waals surface area contributed by atoms with Crippen molar-refractivity contribution >= 4 is 5.91 Å². The van der Waals surface area contributed by atoms with Crippen molar-refractivity contribution in [2.24, 2.45) is 5.73 Å². The van der Waals surface area contributed by atoms with Crippen LogP contribution in [0.4, 0.5) is 0 Å². The molecule has 1 fully saturated rings. The van der Waals surface area contributed by atoms with Gasteiger partial charge in [-0.3, -0.25) is 4.79 Å². The van der Waals surface area contributed by atoms with E-state index in [1.807, 2.05) is 25.1 Å². The fraction of sp³-hybridized carbons (Fsp3) is 0.471. The highest BCUT2D eigenvalue weighted by atomic mass is 16.1. The zero-order valence-electron chi connectivity index (χ0n) is 12.8. The van der Waals surface area contributed by atoms with Crippen molar-refractivity contribution in [3.63, 3.8) is 0 Å². The van der Waals surface area contributed by atoms with Crippen molar-refractivity contribution in [1.82, 2.24) is 10.2 Å². The molecule has 0 radical (unpaired) electrons. The highest BCUT2D eigenvalue weighted by Crippen LogP contribution is 2.12. The van der Waals surface area contributed by atoms with Gasteiger partial charge in [0.15, 0.2) is 0 Å². The third kappa shape index (κ3) is 4.59. The van der Waals surface area contributed by atoms with Crippen LogP contribution in [0.15, 0.2) is 18.2 Å². The smallest absolute Gasteiger partial charge is 0.251 e. The fourth-order valence-electron chi connectivity index (χ4n) is 2.69. The van der Waals surface area contributed by atoms with Crippen molar-refractivity contribution in [2.75, 3.05) is 26.7 Å². The van der Waals surface area contributed by atoms with Gasteiger partial charge in [0.25, 0.3) is 5.91 Å². The van der Waals surface area contributed by atoms with E-state index in [2.05, 4.69) is 29.1 Å². The summed E-state index contributed by atoms with van der Waals surface area (Å²) < 4.78 is 0. The van der Waals surface area contributed by atoms with Crippen LogP contribution in [0.25, 0.3) is 0 Å². The van der Waals surface area contributed by atoms with Crippen LogP contribution in [0.1, 0.15) is 34.3 Å². The van der Waals surface area contributed by atoms with Gasteiger partial charge in [-0.1, -0.05) is 11.8 Å². The van der Waals surface area contributed by atoms with Gasteiger partial charge in [0.05, 0.1) is 6.54 Å². The second-order valence-corrected chi connectivity index (χ2v) is 5.67. The predicted molar refractivity (Wildman–Crippen MR) is 85.1 cm³/mol. The minimum atomic E-state index is -0.0187. The average Bonchev–Trinajstić information content (AvgIpc) is 2.44. The Morgan fingerprint density at radius 2 is 2.29 bits per heavy atom. The van der Waals surface area contributed by atoms with Gasteiger partial charge in [0, 0.05) is 23.7 Å². The highest BCUT2D eigenvalue weighted by Gasteiger charge is 2.19. The lowest BCUT2D eigenvalue weighted by Gasteiger charge is -2.30. The van der Waals surface area contributed by atoms with E-state index in [-0.39, 0.29) is 11.9 Å². The molecule has 112 valence electrons. The Labute approximate surface area is 126 Å². The highest BCUT2D eigenvalue weighted by molar-refractivity contribution is 5.95. The standard InChI is InChI=1S/C17H23N3O/c1-13-9-14(5-3-7-18)11-15(10-13)17(21)19-16-6-4-8-20(2)12-16/h9-11,16H,4,6-8,12,18H2,1-2H3,(H,19,21). The number of carbonyl (C=O) groups excluding carboxylic acids is 1. The third-order valence-electron chi connectivity index (χ3n) is 3.63. The lowest BCUT2D eigenvalue weighted by atomic mass is 10.0. The van der Waals surface area contributed by atoms with Crippen LogP contribution in [0.3, 0.4) is 0 Å². The molecule has 4 heteroatoms. The quantitative estimate of drug-likeness (QED) is 0.801. The van der Waals surface area contributed by atoms with E-state index in [1.54, 1.807) is 0 Å². The first-order valence-corrected chi connectivity index (χ1v) is 7.38. The van der Waals surface area contributed by atoms with Crippen LogP contribution in [0.5, 0.6) is 0 Å². The second kappa shape index (κ2) is 7.26. The number of nitrogens with zero attached hydrogens (tertiary/aromatic N) is 1. The first-order valence-electron chi connectivity index (χ1n) is 7.38. The first-order chi connectivity index (χ1) is 10.1. The minimum Gasteiger partial charge on any atom is -0.348 e. The zero-order chi connectivity index (χ0) is 15.2. The van der Waals surface area contributed by atoms with Gasteiger partial charge in [-0.2, -0.15) is 0 Å². The number of aryl methyl sites for hydroxylation is 1. The molecule has 4 nitrogen and oxygen atoms in total. The minimum absolute atomic E-state index is 0.0187. The molecule has 0 bridgehead atoms. The van der Waals surface area contributed by atoms with Gasteiger partial charge < -0.3 is 16.0 Å². The zero-order valence-corrected chi connectivity index (χ0v) is 12.8. The Kier molecular flexibility index (Phi) is 5.38. The lowest BCUT2D eigenvalue weighted by Crippen LogP contribution is -2.46. The van der Waals surface area contributed by atoms with Crippen LogP contribution in [0.2, 0.25) is 0 Å². The second-order valence-electron chi connectivity index (χ2n) is 5.67. The maximum absolute atomic E-state index is 12.4. The summed E-state index contributed by atoms with van der Waals surface area (Å²) in [4.78, 5) is 14.6. The van der Waals surface area contributed by atoms with Crippen LogP contribution in [-0.2, 0) is 0 Å². The molecule has 1 aliphatic heterocycles. The van der Waals surface area contributed by atoms with Crippen molar-refractivity contribution in [3.8, 4) is 11.8 Å². The molecule has 1 aromatic carbocycles. The predicted octanol–water partition coefficient (Wildman–Crippen LogP) is 1.13. The summed E-state index contributed by atoms with van der Waals surface area (Å²) in [6.45, 7) is 4.32. The summed E-state index contributed by atoms with van der Waals surface area (Å²) in [6, 6.07) is 5.93. The van der Waals surface area contributed by atoms with Crippen molar-refractivity contribution in [2.45, 2.75) is 25.8 Å². The Morgan fingerprint density at radius 1 is 1.48 bits per heavy atom. The number of piperidine rings is 1. The van der Waals surface area contributed by atoms with Gasteiger partial charge in [-0.15, -0.1) is 0 Å². The molecule has 0 aromatic heterocycles. The molecular weight excluding hydrogens is 262 g/mol. The van der Waals surface area contributed by atoms with Gasteiger partial charge in [0.2, 0.25) is 0 Å². The molecule has 1 aromatic rings. The molecule has 0 saturated carbocycles. The van der Waals surface area contributed by atoms with Crippen molar-refractivity contribution in [3.05, 3.63) is 34.9 Å². The molecule has 2 rings (SSSR count). The number of hydrogen-bond acceptors (Lipinski definition) is 3. The molecule has 1 atom stereocenters. The Bertz CT molecular complexity index is 571. The van der Waals surface area contributed by atoms with Crippen molar-refractivity contribution < 1.29 is 4.79 Å². The van der Waals surface area contributed by atoms with Crippen LogP contribution in [0, 0.1) is 18.8 Å². The molecule has 0 spiro atoms. The number of benzene rings is 1. The van der Waals surface area contributed by atoms with Crippen LogP contribution in [-0.4, -0.2) is 43.5 Å². The summed E-state index contributed by atoms with van der Waals surface area (Å²) in [6.07, 6.45) is 2.17. The summed E-state index contributed by atoms with van der Waals surface area (Å²) in [5.41, 5.74) is 7.93. The topological polar surface area (TPSA) is 58.4 Å². The third-order valence-corrected chi connectivity index (χ3v) is 3.63. The number of hydrogen-bond donors (Lipinski definition) is 2. The van der Waals surface area contributed by atoms with E-state index in [4.69, 9.17) is 5.73 Å². The lowest BCUT2D eigenvalue weighted by molar-refractivity contribution is 0.0912. The molecule has 1 aliphatic rings. The molecule has 3 N–H and O–H groups in total. The molecular formula is C17H23N3O. The monoisotopic (exact) mass is 285 g/mol. The summed E-state index contributed by atoms with van der Waals surface area (Å²) in [7, 11) is 2.09. The number of nitrogens with one attached hydrogen (secondary N) is 1. The van der Waals surface area contributed by atoms with Crippen LogP contribution >= 0.6 is 0 Å². The number of likely N-dealkylation sites (tertiary alicyclic amines) is 1. The summed E-state index contributed by atoms with van der Waals surface area (Å²) >= 11 is 0. The van der Waals surface area contributed by atoms with E-state index in [0.29, 0.717) is 12.1 Å². The molecule has 0 aliphatic carbocycles. The number of nitrogens with two attached hydrogens (primary N) is 1. The van der Waals surface area contributed by atoms with Crippen LogP contribution < -0.4 is 11.1 Å². The van der Waals surface area contributed by atoms with Gasteiger partial charge >= 0.3 is 0 Å². The summed E-state index contributed by atoms with van der Waals surface area (Å²) in [5.74, 6) is 5.79. The fourth-order valence-corrected chi connectivity index (χ4v) is 2.69. The maximum atomic E-state index is 12.4. The normalized spacial score (nSPS) is 18.7. The van der Waals surface area contributed by atoms with Gasteiger partial charge in [-0.05, 0) is 57.1 Å². The van der Waals surface area contributed by atoms with Crippen molar-refractivity contribution in [1.29, 1.82) is 0 Å².